The lowest BCUT2D eigenvalue weighted by Gasteiger charge is -2.25. The SMILES string of the molecule is CCOP(=O)(CC1=C[C@H]2CC(C)(C)C[C@H]2C(=O)O1)OCC. The number of cyclic esters (lactones) is 1. The monoisotopic (exact) mass is 316 g/mol. The van der Waals surface area contributed by atoms with Gasteiger partial charge in [0.1, 0.15) is 11.9 Å². The molecule has 0 bridgehead atoms. The topological polar surface area (TPSA) is 61.8 Å². The lowest BCUT2D eigenvalue weighted by molar-refractivity contribution is -0.146. The Morgan fingerprint density at radius 1 is 1.29 bits per heavy atom. The molecule has 1 fully saturated rings. The average Bonchev–Trinajstić information content (AvgIpc) is 2.64. The minimum Gasteiger partial charge on any atom is -0.430 e. The highest BCUT2D eigenvalue weighted by Gasteiger charge is 2.46. The molecule has 2 aliphatic rings. The standard InChI is InChI=1S/C15H25O5P/c1-5-18-21(17,19-6-2)10-12-7-11-8-15(3,4)9-13(11)14(16)20-12/h7,11,13H,5-6,8-10H2,1-4H3/t11-,13+/m0/s1. The first-order valence-corrected chi connectivity index (χ1v) is 9.32. The molecule has 0 saturated heterocycles. The molecule has 21 heavy (non-hydrogen) atoms. The van der Waals surface area contributed by atoms with Crippen LogP contribution in [-0.2, 0) is 23.1 Å². The van der Waals surface area contributed by atoms with Crippen molar-refractivity contribution in [2.45, 2.75) is 40.5 Å². The second-order valence-corrected chi connectivity index (χ2v) is 8.56. The summed E-state index contributed by atoms with van der Waals surface area (Å²) in [6, 6.07) is 0. The normalized spacial score (nSPS) is 28.0. The van der Waals surface area contributed by atoms with E-state index in [9.17, 15) is 9.36 Å². The van der Waals surface area contributed by atoms with E-state index in [1.807, 2.05) is 6.08 Å². The molecule has 6 heteroatoms. The Balaban J connectivity index is 2.14. The van der Waals surface area contributed by atoms with Gasteiger partial charge in [0, 0.05) is 0 Å². The molecule has 1 aliphatic heterocycles. The van der Waals surface area contributed by atoms with Crippen molar-refractivity contribution >= 4 is 13.6 Å². The fourth-order valence-electron chi connectivity index (χ4n) is 3.32. The molecule has 2 atom stereocenters. The quantitative estimate of drug-likeness (QED) is 0.552. The average molecular weight is 316 g/mol. The van der Waals surface area contributed by atoms with Crippen LogP contribution in [0.5, 0.6) is 0 Å². The van der Waals surface area contributed by atoms with Gasteiger partial charge in [-0.2, -0.15) is 0 Å². The van der Waals surface area contributed by atoms with E-state index in [0.717, 1.165) is 12.8 Å². The first-order valence-electron chi connectivity index (χ1n) is 7.59. The van der Waals surface area contributed by atoms with Gasteiger partial charge >= 0.3 is 13.6 Å². The third-order valence-corrected chi connectivity index (χ3v) is 6.02. The van der Waals surface area contributed by atoms with Gasteiger partial charge in [0.15, 0.2) is 0 Å². The van der Waals surface area contributed by atoms with Crippen LogP contribution in [0.1, 0.15) is 40.5 Å². The summed E-state index contributed by atoms with van der Waals surface area (Å²) in [4.78, 5) is 12.1. The Bertz CT molecular complexity index is 472. The molecule has 0 aromatic heterocycles. The Morgan fingerprint density at radius 2 is 1.90 bits per heavy atom. The lowest BCUT2D eigenvalue weighted by atomic mass is 9.90. The largest absolute Gasteiger partial charge is 0.430 e. The first kappa shape index (κ1) is 16.7. The van der Waals surface area contributed by atoms with Crippen molar-refractivity contribution < 1.29 is 23.1 Å². The number of esters is 1. The van der Waals surface area contributed by atoms with Gasteiger partial charge < -0.3 is 13.8 Å². The molecule has 0 amide bonds. The molecule has 120 valence electrons. The third-order valence-electron chi connectivity index (χ3n) is 4.01. The van der Waals surface area contributed by atoms with Crippen molar-refractivity contribution in [3.8, 4) is 0 Å². The molecule has 1 aliphatic carbocycles. The summed E-state index contributed by atoms with van der Waals surface area (Å²) in [6.45, 7) is 8.47. The maximum atomic E-state index is 12.5. The van der Waals surface area contributed by atoms with Crippen LogP contribution in [0.3, 0.4) is 0 Å². The Hall–Kier alpha value is -0.640. The van der Waals surface area contributed by atoms with Gasteiger partial charge in [-0.15, -0.1) is 0 Å². The van der Waals surface area contributed by atoms with Crippen LogP contribution in [0, 0.1) is 17.3 Å². The number of allylic oxidation sites excluding steroid dienone is 2. The van der Waals surface area contributed by atoms with Crippen molar-refractivity contribution in [3.63, 3.8) is 0 Å². The van der Waals surface area contributed by atoms with Crippen molar-refractivity contribution in [1.29, 1.82) is 0 Å². The molecule has 5 nitrogen and oxygen atoms in total. The maximum absolute atomic E-state index is 12.5. The van der Waals surface area contributed by atoms with Crippen LogP contribution in [0.15, 0.2) is 11.8 Å². The van der Waals surface area contributed by atoms with E-state index >= 15 is 0 Å². The van der Waals surface area contributed by atoms with Gasteiger partial charge in [-0.1, -0.05) is 13.8 Å². The van der Waals surface area contributed by atoms with Crippen molar-refractivity contribution in [2.75, 3.05) is 19.4 Å². The van der Waals surface area contributed by atoms with Gasteiger partial charge in [-0.25, -0.2) is 0 Å². The minimum atomic E-state index is -3.23. The zero-order chi connectivity index (χ0) is 15.7. The second kappa shape index (κ2) is 6.23. The summed E-state index contributed by atoms with van der Waals surface area (Å²) in [6.07, 6.45) is 3.77. The van der Waals surface area contributed by atoms with Crippen LogP contribution >= 0.6 is 7.60 Å². The second-order valence-electron chi connectivity index (χ2n) is 6.50. The smallest absolute Gasteiger partial charge is 0.338 e. The summed E-state index contributed by atoms with van der Waals surface area (Å²) in [5.74, 6) is 0.335. The van der Waals surface area contributed by atoms with E-state index in [-0.39, 0.29) is 29.4 Å². The number of fused-ring (bicyclic) bond motifs is 1. The van der Waals surface area contributed by atoms with Crippen LogP contribution in [0.2, 0.25) is 0 Å². The molecule has 1 saturated carbocycles. The van der Waals surface area contributed by atoms with E-state index in [1.165, 1.54) is 0 Å². The molecule has 1 heterocycles. The summed E-state index contributed by atoms with van der Waals surface area (Å²) in [7, 11) is -3.23. The predicted molar refractivity (Wildman–Crippen MR) is 79.9 cm³/mol. The zero-order valence-electron chi connectivity index (χ0n) is 13.3. The van der Waals surface area contributed by atoms with Crippen LogP contribution in [-0.4, -0.2) is 25.3 Å². The van der Waals surface area contributed by atoms with Crippen molar-refractivity contribution in [1.82, 2.24) is 0 Å². The summed E-state index contributed by atoms with van der Waals surface area (Å²) in [5, 5.41) is 0. The van der Waals surface area contributed by atoms with Gasteiger partial charge in [0.05, 0.1) is 19.1 Å². The molecular weight excluding hydrogens is 291 g/mol. The first-order chi connectivity index (χ1) is 9.78. The number of carbonyl (C=O) groups excluding carboxylic acids is 1. The van der Waals surface area contributed by atoms with Gasteiger partial charge in [-0.05, 0) is 44.1 Å². The molecular formula is C15H25O5P. The van der Waals surface area contributed by atoms with Crippen LogP contribution < -0.4 is 0 Å². The van der Waals surface area contributed by atoms with Crippen molar-refractivity contribution in [3.05, 3.63) is 11.8 Å². The van der Waals surface area contributed by atoms with Crippen LogP contribution in [0.4, 0.5) is 0 Å². The van der Waals surface area contributed by atoms with Gasteiger partial charge in [0.25, 0.3) is 0 Å². The van der Waals surface area contributed by atoms with Gasteiger partial charge in [0.2, 0.25) is 0 Å². The van der Waals surface area contributed by atoms with E-state index in [1.54, 1.807) is 13.8 Å². The third kappa shape index (κ3) is 3.97. The zero-order valence-corrected chi connectivity index (χ0v) is 14.2. The molecule has 0 radical (unpaired) electrons. The lowest BCUT2D eigenvalue weighted by Crippen LogP contribution is -2.26. The summed E-state index contributed by atoms with van der Waals surface area (Å²) in [5.41, 5.74) is 0.143. The number of hydrogen-bond donors (Lipinski definition) is 0. The molecule has 2 rings (SSSR count). The van der Waals surface area contributed by atoms with Crippen molar-refractivity contribution in [2.24, 2.45) is 17.3 Å². The Labute approximate surface area is 126 Å². The van der Waals surface area contributed by atoms with Crippen LogP contribution in [0.25, 0.3) is 0 Å². The van der Waals surface area contributed by atoms with E-state index in [2.05, 4.69) is 13.8 Å². The Morgan fingerprint density at radius 3 is 2.48 bits per heavy atom. The maximum Gasteiger partial charge on any atom is 0.338 e. The highest BCUT2D eigenvalue weighted by molar-refractivity contribution is 7.54. The predicted octanol–water partition coefficient (Wildman–Crippen LogP) is 3.75. The molecule has 0 aromatic rings. The Kier molecular flexibility index (Phi) is 4.96. The van der Waals surface area contributed by atoms with E-state index < -0.39 is 7.60 Å². The highest BCUT2D eigenvalue weighted by Crippen LogP contribution is 2.53. The summed E-state index contributed by atoms with van der Waals surface area (Å²) >= 11 is 0. The number of rotatable bonds is 6. The molecule has 0 spiro atoms. The summed E-state index contributed by atoms with van der Waals surface area (Å²) < 4.78 is 28.4. The molecule has 0 aromatic carbocycles. The fraction of sp³-hybridized carbons (Fsp3) is 0.800. The fourth-order valence-corrected chi connectivity index (χ4v) is 4.91. The molecule has 0 N–H and O–H groups in total. The minimum absolute atomic E-state index is 0.0318. The van der Waals surface area contributed by atoms with Gasteiger partial charge in [-0.3, -0.25) is 9.36 Å². The molecule has 0 unspecified atom stereocenters. The number of carbonyl (C=O) groups is 1. The number of hydrogen-bond acceptors (Lipinski definition) is 5. The van der Waals surface area contributed by atoms with E-state index in [4.69, 9.17) is 13.8 Å². The van der Waals surface area contributed by atoms with E-state index in [0.29, 0.717) is 19.0 Å². The number of ether oxygens (including phenoxy) is 1. The highest BCUT2D eigenvalue weighted by atomic mass is 31.2.